The number of Topliss-reactive ketones (excluding diaryl/α,β-unsaturated/α-hetero) is 1. The van der Waals surface area contributed by atoms with E-state index in [9.17, 15) is 13.2 Å². The van der Waals surface area contributed by atoms with Crippen LogP contribution >= 0.6 is 0 Å². The van der Waals surface area contributed by atoms with Crippen molar-refractivity contribution in [1.82, 2.24) is 9.71 Å². The maximum Gasteiger partial charge on any atom is 0.242 e. The van der Waals surface area contributed by atoms with Gasteiger partial charge in [0.2, 0.25) is 10.0 Å². The Bertz CT molecular complexity index is 963. The van der Waals surface area contributed by atoms with E-state index in [1.165, 1.54) is 6.20 Å². The van der Waals surface area contributed by atoms with E-state index in [1.54, 1.807) is 31.4 Å². The molecule has 0 atom stereocenters. The molecule has 1 aliphatic heterocycles. The van der Waals surface area contributed by atoms with Gasteiger partial charge in [-0.3, -0.25) is 4.79 Å². The number of hydrogen-bond donors (Lipinski definition) is 1. The van der Waals surface area contributed by atoms with Gasteiger partial charge in [-0.15, -0.1) is 0 Å². The number of carbonyl (C=O) groups is 1. The van der Waals surface area contributed by atoms with Crippen molar-refractivity contribution in [1.29, 1.82) is 0 Å². The maximum atomic E-state index is 12.8. The fourth-order valence-corrected chi connectivity index (χ4v) is 5.17. The van der Waals surface area contributed by atoms with Crippen LogP contribution in [0.15, 0.2) is 47.5 Å². The van der Waals surface area contributed by atoms with Crippen LogP contribution in [-0.4, -0.2) is 45.4 Å². The second-order valence-electron chi connectivity index (χ2n) is 7.84. The van der Waals surface area contributed by atoms with Crippen molar-refractivity contribution in [3.8, 4) is 5.75 Å². The number of pyridine rings is 1. The lowest BCUT2D eigenvalue weighted by Crippen LogP contribution is -2.37. The molecule has 0 saturated carbocycles. The number of methoxy groups -OCH3 is 1. The predicted molar refractivity (Wildman–Crippen MR) is 121 cm³/mol. The Kier molecular flexibility index (Phi) is 7.67. The number of benzene rings is 1. The standard InChI is InChI=1S/C23H31N3O4S/c1-4-19(5-2)25-31(28,29)21-10-11-22(24-16-21)26-14-12-18(13-15-26)23(27)17-6-8-20(30-3)9-7-17/h6-11,16,18-19,25H,4-5,12-15H2,1-3H3. The number of nitrogens with zero attached hydrogens (tertiary/aromatic N) is 2. The molecule has 0 aliphatic carbocycles. The Labute approximate surface area is 184 Å². The fourth-order valence-electron chi connectivity index (χ4n) is 3.82. The van der Waals surface area contributed by atoms with Crippen LogP contribution in [0.3, 0.4) is 0 Å². The molecule has 1 aromatic heterocycles. The summed E-state index contributed by atoms with van der Waals surface area (Å²) in [5.41, 5.74) is 0.705. The highest BCUT2D eigenvalue weighted by molar-refractivity contribution is 7.89. The molecular weight excluding hydrogens is 414 g/mol. The van der Waals surface area contributed by atoms with Gasteiger partial charge in [-0.1, -0.05) is 13.8 Å². The summed E-state index contributed by atoms with van der Waals surface area (Å²) in [6.07, 6.45) is 4.37. The normalized spacial score (nSPS) is 15.3. The number of sulfonamides is 1. The summed E-state index contributed by atoms with van der Waals surface area (Å²) < 4.78 is 32.9. The van der Waals surface area contributed by atoms with Crippen LogP contribution in [0, 0.1) is 5.92 Å². The third-order valence-electron chi connectivity index (χ3n) is 5.90. The molecule has 0 unspecified atom stereocenters. The van der Waals surface area contributed by atoms with Gasteiger partial charge in [0.1, 0.15) is 16.5 Å². The minimum Gasteiger partial charge on any atom is -0.497 e. The van der Waals surface area contributed by atoms with Gasteiger partial charge < -0.3 is 9.64 Å². The van der Waals surface area contributed by atoms with Gasteiger partial charge in [0.25, 0.3) is 0 Å². The minimum absolute atomic E-state index is 0.0199. The van der Waals surface area contributed by atoms with Crippen molar-refractivity contribution in [3.05, 3.63) is 48.2 Å². The number of piperidine rings is 1. The zero-order valence-corrected chi connectivity index (χ0v) is 19.2. The Hall–Kier alpha value is -2.45. The highest BCUT2D eigenvalue weighted by atomic mass is 32.2. The monoisotopic (exact) mass is 445 g/mol. The van der Waals surface area contributed by atoms with Gasteiger partial charge in [0.05, 0.1) is 7.11 Å². The zero-order valence-electron chi connectivity index (χ0n) is 18.4. The number of ether oxygens (including phenoxy) is 1. The van der Waals surface area contributed by atoms with Crippen LogP contribution in [0.4, 0.5) is 5.82 Å². The lowest BCUT2D eigenvalue weighted by molar-refractivity contribution is 0.0900. The van der Waals surface area contributed by atoms with E-state index in [1.807, 2.05) is 26.0 Å². The van der Waals surface area contributed by atoms with E-state index in [0.717, 1.165) is 37.3 Å². The molecule has 2 aromatic rings. The van der Waals surface area contributed by atoms with Crippen molar-refractivity contribution in [2.75, 3.05) is 25.1 Å². The van der Waals surface area contributed by atoms with Crippen LogP contribution in [-0.2, 0) is 10.0 Å². The number of aromatic nitrogens is 1. The van der Waals surface area contributed by atoms with E-state index in [0.29, 0.717) is 18.7 Å². The highest BCUT2D eigenvalue weighted by Crippen LogP contribution is 2.26. The fraction of sp³-hybridized carbons (Fsp3) is 0.478. The van der Waals surface area contributed by atoms with Crippen molar-refractivity contribution >= 4 is 21.6 Å². The van der Waals surface area contributed by atoms with E-state index < -0.39 is 10.0 Å². The number of hydrogen-bond acceptors (Lipinski definition) is 6. The largest absolute Gasteiger partial charge is 0.497 e. The molecule has 0 bridgehead atoms. The molecular formula is C23H31N3O4S. The SMILES string of the molecule is CCC(CC)NS(=O)(=O)c1ccc(N2CCC(C(=O)c3ccc(OC)cc3)CC2)nc1. The summed E-state index contributed by atoms with van der Waals surface area (Å²) in [5, 5.41) is 0. The summed E-state index contributed by atoms with van der Waals surface area (Å²) in [6, 6.07) is 10.5. The smallest absolute Gasteiger partial charge is 0.242 e. The Morgan fingerprint density at radius 2 is 1.77 bits per heavy atom. The van der Waals surface area contributed by atoms with Crippen molar-refractivity contribution in [2.24, 2.45) is 5.92 Å². The zero-order chi connectivity index (χ0) is 22.4. The second kappa shape index (κ2) is 10.2. The van der Waals surface area contributed by atoms with Gasteiger partial charge in [0.15, 0.2) is 5.78 Å². The first-order valence-corrected chi connectivity index (χ1v) is 12.3. The Balaban J connectivity index is 1.60. The average Bonchev–Trinajstić information content (AvgIpc) is 2.82. The molecule has 31 heavy (non-hydrogen) atoms. The van der Waals surface area contributed by atoms with Crippen LogP contribution in [0.25, 0.3) is 0 Å². The summed E-state index contributed by atoms with van der Waals surface area (Å²) in [4.78, 5) is 19.4. The molecule has 1 saturated heterocycles. The molecule has 2 heterocycles. The average molecular weight is 446 g/mol. The Morgan fingerprint density at radius 3 is 2.29 bits per heavy atom. The third kappa shape index (κ3) is 5.62. The first-order valence-electron chi connectivity index (χ1n) is 10.8. The molecule has 1 aromatic carbocycles. The van der Waals surface area contributed by atoms with Gasteiger partial charge >= 0.3 is 0 Å². The van der Waals surface area contributed by atoms with Gasteiger partial charge in [-0.25, -0.2) is 18.1 Å². The lowest BCUT2D eigenvalue weighted by atomic mass is 9.89. The highest BCUT2D eigenvalue weighted by Gasteiger charge is 2.27. The number of nitrogens with one attached hydrogen (secondary N) is 1. The molecule has 168 valence electrons. The second-order valence-corrected chi connectivity index (χ2v) is 9.55. The maximum absolute atomic E-state index is 12.8. The first-order chi connectivity index (χ1) is 14.9. The number of anilines is 1. The predicted octanol–water partition coefficient (Wildman–Crippen LogP) is 3.66. The summed E-state index contributed by atoms with van der Waals surface area (Å²) in [6.45, 7) is 5.33. The molecule has 0 radical (unpaired) electrons. The molecule has 7 nitrogen and oxygen atoms in total. The van der Waals surface area contributed by atoms with Gasteiger partial charge in [0, 0.05) is 36.8 Å². The van der Waals surface area contributed by atoms with Crippen LogP contribution in [0.5, 0.6) is 5.75 Å². The molecule has 8 heteroatoms. The quantitative estimate of drug-likeness (QED) is 0.593. The molecule has 1 aliphatic rings. The summed E-state index contributed by atoms with van der Waals surface area (Å²) in [7, 11) is -1.97. The van der Waals surface area contributed by atoms with Crippen molar-refractivity contribution in [2.45, 2.75) is 50.5 Å². The van der Waals surface area contributed by atoms with E-state index in [4.69, 9.17) is 4.74 Å². The van der Waals surface area contributed by atoms with Crippen LogP contribution in [0.1, 0.15) is 49.9 Å². The topological polar surface area (TPSA) is 88.6 Å². The van der Waals surface area contributed by atoms with E-state index in [2.05, 4.69) is 14.6 Å². The number of rotatable bonds is 9. The van der Waals surface area contributed by atoms with Gasteiger partial charge in [-0.2, -0.15) is 0 Å². The lowest BCUT2D eigenvalue weighted by Gasteiger charge is -2.32. The number of ketones is 1. The summed E-state index contributed by atoms with van der Waals surface area (Å²) in [5.74, 6) is 1.60. The van der Waals surface area contributed by atoms with E-state index >= 15 is 0 Å². The van der Waals surface area contributed by atoms with E-state index in [-0.39, 0.29) is 22.6 Å². The summed E-state index contributed by atoms with van der Waals surface area (Å²) >= 11 is 0. The van der Waals surface area contributed by atoms with Crippen molar-refractivity contribution in [3.63, 3.8) is 0 Å². The molecule has 1 N–H and O–H groups in total. The number of carbonyl (C=O) groups excluding carboxylic acids is 1. The van der Waals surface area contributed by atoms with Gasteiger partial charge in [-0.05, 0) is 62.1 Å². The third-order valence-corrected chi connectivity index (χ3v) is 7.41. The molecule has 0 amide bonds. The minimum atomic E-state index is -3.57. The van der Waals surface area contributed by atoms with Crippen LogP contribution in [0.2, 0.25) is 0 Å². The van der Waals surface area contributed by atoms with Crippen molar-refractivity contribution < 1.29 is 17.9 Å². The Morgan fingerprint density at radius 1 is 1.13 bits per heavy atom. The first kappa shape index (κ1) is 23.2. The molecule has 1 fully saturated rings. The van der Waals surface area contributed by atoms with Crippen LogP contribution < -0.4 is 14.4 Å². The molecule has 3 rings (SSSR count). The molecule has 0 spiro atoms.